The first-order valence-corrected chi connectivity index (χ1v) is 6.36. The Balaban J connectivity index is 2.38. The fourth-order valence-electron chi connectivity index (χ4n) is 1.21. The normalized spacial score (nSPS) is 11.9. The van der Waals surface area contributed by atoms with E-state index >= 15 is 0 Å². The second-order valence-corrected chi connectivity index (χ2v) is 6.57. The van der Waals surface area contributed by atoms with E-state index in [1.807, 2.05) is 24.3 Å². The van der Waals surface area contributed by atoms with E-state index in [1.54, 1.807) is 13.8 Å². The van der Waals surface area contributed by atoms with Crippen molar-refractivity contribution in [3.05, 3.63) is 24.3 Å². The highest BCUT2D eigenvalue weighted by Crippen LogP contribution is 2.39. The fraction of sp³-hybridized carbons (Fsp3) is 0.273. The van der Waals surface area contributed by atoms with E-state index in [4.69, 9.17) is 5.11 Å². The second kappa shape index (κ2) is 4.07. The molecule has 84 valence electrons. The van der Waals surface area contributed by atoms with Gasteiger partial charge in [-0.15, -0.1) is 0 Å². The Morgan fingerprint density at radius 1 is 1.44 bits per heavy atom. The van der Waals surface area contributed by atoms with Crippen molar-refractivity contribution < 1.29 is 9.90 Å². The van der Waals surface area contributed by atoms with Crippen molar-refractivity contribution in [3.63, 3.8) is 0 Å². The molecule has 1 heterocycles. The predicted molar refractivity (Wildman–Crippen MR) is 67.2 cm³/mol. The van der Waals surface area contributed by atoms with E-state index < -0.39 is 10.7 Å². The molecule has 0 saturated carbocycles. The van der Waals surface area contributed by atoms with Gasteiger partial charge in [0.1, 0.15) is 4.75 Å². The zero-order chi connectivity index (χ0) is 11.8. The quantitative estimate of drug-likeness (QED) is 0.853. The molecular weight excluding hydrogens is 242 g/mol. The van der Waals surface area contributed by atoms with Crippen LogP contribution in [0.15, 0.2) is 28.5 Å². The van der Waals surface area contributed by atoms with Crippen molar-refractivity contribution in [1.82, 2.24) is 4.37 Å². The molecule has 1 aromatic heterocycles. The Hall–Kier alpha value is -1.07. The van der Waals surface area contributed by atoms with Crippen LogP contribution in [-0.4, -0.2) is 20.2 Å². The maximum atomic E-state index is 11.0. The molecule has 0 unspecified atom stereocenters. The van der Waals surface area contributed by atoms with E-state index in [0.717, 1.165) is 15.1 Å². The number of carboxylic acids is 1. The number of rotatable bonds is 3. The molecule has 0 aliphatic rings. The Morgan fingerprint density at radius 2 is 2.12 bits per heavy atom. The van der Waals surface area contributed by atoms with Crippen molar-refractivity contribution in [2.75, 3.05) is 0 Å². The van der Waals surface area contributed by atoms with Crippen LogP contribution in [-0.2, 0) is 4.79 Å². The second-order valence-electron chi connectivity index (χ2n) is 3.90. The molecule has 2 aromatic rings. The highest BCUT2D eigenvalue weighted by Gasteiger charge is 2.30. The van der Waals surface area contributed by atoms with Crippen molar-refractivity contribution in [2.45, 2.75) is 22.8 Å². The summed E-state index contributed by atoms with van der Waals surface area (Å²) in [4.78, 5) is 11.0. The molecule has 1 aromatic carbocycles. The number of aliphatic carboxylic acids is 1. The summed E-state index contributed by atoms with van der Waals surface area (Å²) >= 11 is 2.70. The van der Waals surface area contributed by atoms with Crippen LogP contribution in [0.4, 0.5) is 0 Å². The minimum absolute atomic E-state index is 0.810. The maximum Gasteiger partial charge on any atom is 0.319 e. The summed E-state index contributed by atoms with van der Waals surface area (Å²) in [5, 5.41) is 10.1. The molecule has 16 heavy (non-hydrogen) atoms. The number of aromatic nitrogens is 1. The van der Waals surface area contributed by atoms with E-state index in [-0.39, 0.29) is 0 Å². The number of fused-ring (bicyclic) bond motifs is 1. The van der Waals surface area contributed by atoms with Crippen LogP contribution in [0.2, 0.25) is 0 Å². The third-order valence-corrected chi connectivity index (χ3v) is 4.45. The molecule has 5 heteroatoms. The summed E-state index contributed by atoms with van der Waals surface area (Å²) in [5.74, 6) is -0.810. The van der Waals surface area contributed by atoms with Crippen molar-refractivity contribution in [2.24, 2.45) is 0 Å². The minimum atomic E-state index is -0.824. The van der Waals surface area contributed by atoms with Crippen molar-refractivity contribution >= 4 is 40.2 Å². The van der Waals surface area contributed by atoms with Gasteiger partial charge in [-0.2, -0.15) is 4.37 Å². The number of nitrogens with zero attached hydrogens (tertiary/aromatic N) is 1. The third kappa shape index (κ3) is 2.05. The summed E-state index contributed by atoms with van der Waals surface area (Å²) in [7, 11) is 0. The molecule has 0 spiro atoms. The van der Waals surface area contributed by atoms with E-state index in [2.05, 4.69) is 4.37 Å². The summed E-state index contributed by atoms with van der Waals surface area (Å²) in [6.07, 6.45) is 0. The van der Waals surface area contributed by atoms with Crippen LogP contribution >= 0.6 is 23.3 Å². The largest absolute Gasteiger partial charge is 0.480 e. The van der Waals surface area contributed by atoms with Crippen LogP contribution in [0.5, 0.6) is 0 Å². The SMILES string of the molecule is CC(C)(Sc1snc2ccccc12)C(=O)O. The average Bonchev–Trinajstić information content (AvgIpc) is 2.61. The lowest BCUT2D eigenvalue weighted by atomic mass is 10.2. The van der Waals surface area contributed by atoms with E-state index in [9.17, 15) is 4.79 Å². The van der Waals surface area contributed by atoms with Crippen LogP contribution in [0.3, 0.4) is 0 Å². The molecule has 0 saturated heterocycles. The van der Waals surface area contributed by atoms with Gasteiger partial charge >= 0.3 is 5.97 Å². The molecule has 3 nitrogen and oxygen atoms in total. The molecule has 0 radical (unpaired) electrons. The molecule has 0 atom stereocenters. The van der Waals surface area contributed by atoms with Gasteiger partial charge < -0.3 is 5.11 Å². The van der Waals surface area contributed by atoms with Crippen LogP contribution in [0, 0.1) is 0 Å². The van der Waals surface area contributed by atoms with E-state index in [0.29, 0.717) is 0 Å². The van der Waals surface area contributed by atoms with Gasteiger partial charge in [0.25, 0.3) is 0 Å². The Kier molecular flexibility index (Phi) is 2.90. The first-order chi connectivity index (χ1) is 7.50. The van der Waals surface area contributed by atoms with E-state index in [1.165, 1.54) is 23.3 Å². The van der Waals surface area contributed by atoms with Gasteiger partial charge in [-0.3, -0.25) is 4.79 Å². The van der Waals surface area contributed by atoms with Gasteiger partial charge in [-0.05, 0) is 31.4 Å². The minimum Gasteiger partial charge on any atom is -0.480 e. The van der Waals surface area contributed by atoms with Gasteiger partial charge in [0.2, 0.25) is 0 Å². The summed E-state index contributed by atoms with van der Waals surface area (Å²) in [5.41, 5.74) is 0.927. The monoisotopic (exact) mass is 253 g/mol. The lowest BCUT2D eigenvalue weighted by Gasteiger charge is -2.16. The number of hydrogen-bond donors (Lipinski definition) is 1. The van der Waals surface area contributed by atoms with Crippen LogP contribution in [0.25, 0.3) is 10.9 Å². The molecular formula is C11H11NO2S2. The third-order valence-electron chi connectivity index (χ3n) is 2.21. The van der Waals surface area contributed by atoms with Crippen LogP contribution < -0.4 is 0 Å². The highest BCUT2D eigenvalue weighted by molar-refractivity contribution is 8.03. The zero-order valence-corrected chi connectivity index (χ0v) is 10.6. The van der Waals surface area contributed by atoms with Gasteiger partial charge in [-0.25, -0.2) is 0 Å². The number of thioether (sulfide) groups is 1. The Morgan fingerprint density at radius 3 is 2.81 bits per heavy atom. The molecule has 2 rings (SSSR count). The molecule has 0 amide bonds. The van der Waals surface area contributed by atoms with Gasteiger partial charge in [0.15, 0.2) is 0 Å². The van der Waals surface area contributed by atoms with Crippen molar-refractivity contribution in [3.8, 4) is 0 Å². The molecule has 0 aliphatic heterocycles. The standard InChI is InChI=1S/C11H11NO2S2/c1-11(2,10(13)14)15-9-7-5-3-4-6-8(7)12-16-9/h3-6H,1-2H3,(H,13,14). The molecule has 0 fully saturated rings. The number of carbonyl (C=O) groups is 1. The lowest BCUT2D eigenvalue weighted by Crippen LogP contribution is -2.26. The fourth-order valence-corrected chi connectivity index (χ4v) is 3.55. The average molecular weight is 253 g/mol. The predicted octanol–water partition coefficient (Wildman–Crippen LogP) is 3.25. The number of carboxylic acid groups (broad SMARTS) is 1. The number of benzene rings is 1. The van der Waals surface area contributed by atoms with Crippen molar-refractivity contribution in [1.29, 1.82) is 0 Å². The highest BCUT2D eigenvalue weighted by atomic mass is 32.2. The Bertz CT molecular complexity index is 534. The van der Waals surface area contributed by atoms with Crippen LogP contribution in [0.1, 0.15) is 13.8 Å². The zero-order valence-electron chi connectivity index (χ0n) is 8.93. The maximum absolute atomic E-state index is 11.0. The van der Waals surface area contributed by atoms with Gasteiger partial charge in [0.05, 0.1) is 9.73 Å². The summed E-state index contributed by atoms with van der Waals surface area (Å²) in [6, 6.07) is 7.77. The molecule has 0 aliphatic carbocycles. The first-order valence-electron chi connectivity index (χ1n) is 4.77. The smallest absolute Gasteiger partial charge is 0.319 e. The topological polar surface area (TPSA) is 50.2 Å². The summed E-state index contributed by atoms with van der Waals surface area (Å²) in [6.45, 7) is 3.41. The number of hydrogen-bond acceptors (Lipinski definition) is 4. The van der Waals surface area contributed by atoms with Gasteiger partial charge in [-0.1, -0.05) is 30.0 Å². The summed E-state index contributed by atoms with van der Waals surface area (Å²) < 4.78 is 4.43. The Labute approximate surface area is 102 Å². The molecule has 0 bridgehead atoms. The van der Waals surface area contributed by atoms with Gasteiger partial charge in [0, 0.05) is 5.39 Å². The molecule has 1 N–H and O–H groups in total. The first kappa shape index (κ1) is 11.4. The lowest BCUT2D eigenvalue weighted by molar-refractivity contribution is -0.138.